The maximum atomic E-state index is 13.7. The molecule has 1 heterocycles. The number of rotatable bonds is 8. The summed E-state index contributed by atoms with van der Waals surface area (Å²) in [7, 11) is -5.32. The topological polar surface area (TPSA) is 81.9 Å². The van der Waals surface area contributed by atoms with Crippen molar-refractivity contribution < 1.29 is 26.5 Å². The molecule has 0 bridgehead atoms. The van der Waals surface area contributed by atoms with E-state index in [9.17, 15) is 8.42 Å². The molecule has 0 spiro atoms. The molecule has 0 saturated carbocycles. The molecule has 0 fully saturated rings. The lowest BCUT2D eigenvalue weighted by Gasteiger charge is -2.23. The fourth-order valence-corrected chi connectivity index (χ4v) is 4.61. The number of anilines is 1. The number of sulfonamides is 1. The molecule has 8 heteroatoms. The molecular formula is C21H24N2O5S. The molecule has 3 aromatic rings. The molecule has 2 aromatic carbocycles. The highest BCUT2D eigenvalue weighted by Gasteiger charge is 2.31. The van der Waals surface area contributed by atoms with Crippen molar-refractivity contribution >= 4 is 15.8 Å². The summed E-state index contributed by atoms with van der Waals surface area (Å²) in [6.07, 6.45) is 0. The van der Waals surface area contributed by atoms with Gasteiger partial charge in [-0.2, -0.15) is 0 Å². The van der Waals surface area contributed by atoms with Crippen LogP contribution in [0.3, 0.4) is 0 Å². The third kappa shape index (κ3) is 4.05. The Balaban J connectivity index is 2.13. The third-order valence-corrected chi connectivity index (χ3v) is 6.38. The minimum absolute atomic E-state index is 0.0124. The van der Waals surface area contributed by atoms with E-state index in [0.29, 0.717) is 28.0 Å². The molecule has 0 aliphatic heterocycles. The second-order valence-corrected chi connectivity index (χ2v) is 8.23. The highest BCUT2D eigenvalue weighted by molar-refractivity contribution is 7.93. The summed E-state index contributed by atoms with van der Waals surface area (Å²) in [6.45, 7) is 2.93. The molecule has 0 N–H and O–H groups in total. The molecule has 0 atom stereocenters. The van der Waals surface area contributed by atoms with E-state index in [1.807, 2.05) is 0 Å². The highest BCUT2D eigenvalue weighted by Crippen LogP contribution is 2.34. The van der Waals surface area contributed by atoms with Crippen LogP contribution >= 0.6 is 0 Å². The van der Waals surface area contributed by atoms with Crippen molar-refractivity contribution in [3.05, 3.63) is 65.4 Å². The fraction of sp³-hybridized carbons (Fsp3) is 0.286. The van der Waals surface area contributed by atoms with Crippen LogP contribution in [0.5, 0.6) is 0 Å². The zero-order valence-corrected chi connectivity index (χ0v) is 17.2. The maximum absolute atomic E-state index is 13.7. The number of hydrogen-bond donors (Lipinski definition) is 0. The van der Waals surface area contributed by atoms with Crippen molar-refractivity contribution in [2.75, 3.05) is 25.2 Å². The van der Waals surface area contributed by atoms with Crippen LogP contribution in [-0.2, 0) is 26.1 Å². The fourth-order valence-electron chi connectivity index (χ4n) is 3.02. The standard InChI is InChI=1S/C21H24N2O5S/c1-15-16(2)28-22-21(15)23(14-27-4)29(24,25)20-12-8-7-11-19(20)18-10-6-5-9-17(18)13-26-3/h5-12H,13-14H2,1-4H3/i3D3. The summed E-state index contributed by atoms with van der Waals surface area (Å²) in [4.78, 5) is 0.0124. The van der Waals surface area contributed by atoms with Crippen LogP contribution in [0.15, 0.2) is 57.9 Å². The number of methoxy groups -OCH3 is 2. The van der Waals surface area contributed by atoms with E-state index in [1.54, 1.807) is 56.3 Å². The van der Waals surface area contributed by atoms with Gasteiger partial charge >= 0.3 is 0 Å². The van der Waals surface area contributed by atoms with Crippen LogP contribution < -0.4 is 4.31 Å². The first-order valence-corrected chi connectivity index (χ1v) is 10.3. The van der Waals surface area contributed by atoms with Crippen LogP contribution in [0, 0.1) is 13.8 Å². The smallest absolute Gasteiger partial charge is 0.268 e. The molecule has 0 radical (unpaired) electrons. The van der Waals surface area contributed by atoms with Gasteiger partial charge in [0, 0.05) is 25.3 Å². The van der Waals surface area contributed by atoms with Gasteiger partial charge in [-0.1, -0.05) is 47.6 Å². The molecule has 29 heavy (non-hydrogen) atoms. The Bertz CT molecular complexity index is 1190. The highest BCUT2D eigenvalue weighted by atomic mass is 32.2. The SMILES string of the molecule is [2H]C([2H])([2H])OCc1ccccc1-c1ccccc1S(=O)(=O)N(COC)c1noc(C)c1C. The summed E-state index contributed by atoms with van der Waals surface area (Å²) >= 11 is 0. The van der Waals surface area contributed by atoms with E-state index in [0.717, 1.165) is 4.31 Å². The number of ether oxygens (including phenoxy) is 2. The molecule has 0 unspecified atom stereocenters. The summed E-state index contributed by atoms with van der Waals surface area (Å²) in [5.41, 5.74) is 2.06. The number of aromatic nitrogens is 1. The van der Waals surface area contributed by atoms with Crippen molar-refractivity contribution in [2.45, 2.75) is 25.3 Å². The van der Waals surface area contributed by atoms with Crippen molar-refractivity contribution in [1.82, 2.24) is 5.16 Å². The van der Waals surface area contributed by atoms with Gasteiger partial charge in [-0.05, 0) is 31.0 Å². The first-order chi connectivity index (χ1) is 15.1. The Morgan fingerprint density at radius 2 is 1.76 bits per heavy atom. The normalized spacial score (nSPS) is 13.6. The number of nitrogens with zero attached hydrogens (tertiary/aromatic N) is 2. The molecule has 0 amide bonds. The van der Waals surface area contributed by atoms with Gasteiger partial charge in [0.25, 0.3) is 10.0 Å². The summed E-state index contributed by atoms with van der Waals surface area (Å²) < 4.78 is 65.7. The monoisotopic (exact) mass is 419 g/mol. The van der Waals surface area contributed by atoms with Crippen LogP contribution in [-0.4, -0.2) is 34.5 Å². The van der Waals surface area contributed by atoms with E-state index >= 15 is 0 Å². The third-order valence-electron chi connectivity index (χ3n) is 4.61. The van der Waals surface area contributed by atoms with Crippen LogP contribution in [0.2, 0.25) is 0 Å². The Morgan fingerprint density at radius 3 is 2.41 bits per heavy atom. The predicted octanol–water partition coefficient (Wildman–Crippen LogP) is 3.90. The lowest BCUT2D eigenvalue weighted by atomic mass is 10.0. The molecule has 0 saturated heterocycles. The van der Waals surface area contributed by atoms with Crippen molar-refractivity contribution in [2.24, 2.45) is 0 Å². The lowest BCUT2D eigenvalue weighted by molar-refractivity contribution is 0.185. The van der Waals surface area contributed by atoms with Gasteiger partial charge in [0.1, 0.15) is 12.5 Å². The zero-order valence-electron chi connectivity index (χ0n) is 19.4. The zero-order chi connectivity index (χ0) is 23.5. The molecule has 3 rings (SSSR count). The second-order valence-electron chi connectivity index (χ2n) is 6.40. The van der Waals surface area contributed by atoms with Crippen molar-refractivity contribution in [3.8, 4) is 11.1 Å². The maximum Gasteiger partial charge on any atom is 0.268 e. The number of benzene rings is 2. The van der Waals surface area contributed by atoms with E-state index in [-0.39, 0.29) is 24.1 Å². The van der Waals surface area contributed by atoms with Crippen molar-refractivity contribution in [1.29, 1.82) is 0 Å². The van der Waals surface area contributed by atoms with Gasteiger partial charge in [0.2, 0.25) is 0 Å². The van der Waals surface area contributed by atoms with Gasteiger partial charge < -0.3 is 14.0 Å². The van der Waals surface area contributed by atoms with E-state index in [2.05, 4.69) is 5.16 Å². The molecular weight excluding hydrogens is 392 g/mol. The Kier molecular flexibility index (Phi) is 5.20. The van der Waals surface area contributed by atoms with Gasteiger partial charge in [0.05, 0.1) is 15.6 Å². The van der Waals surface area contributed by atoms with Crippen LogP contribution in [0.25, 0.3) is 11.1 Å². The summed E-state index contributed by atoms with van der Waals surface area (Å²) in [5.74, 6) is 0.634. The van der Waals surface area contributed by atoms with E-state index < -0.39 is 17.1 Å². The average Bonchev–Trinajstić information content (AvgIpc) is 3.08. The lowest BCUT2D eigenvalue weighted by Crippen LogP contribution is -2.34. The largest absolute Gasteiger partial charge is 0.380 e. The first-order valence-electron chi connectivity index (χ1n) is 10.3. The van der Waals surface area contributed by atoms with Crippen molar-refractivity contribution in [3.63, 3.8) is 0 Å². The van der Waals surface area contributed by atoms with Crippen LogP contribution in [0.4, 0.5) is 5.82 Å². The van der Waals surface area contributed by atoms with Crippen LogP contribution in [0.1, 0.15) is 21.0 Å². The average molecular weight is 420 g/mol. The van der Waals surface area contributed by atoms with Gasteiger partial charge in [-0.3, -0.25) is 0 Å². The van der Waals surface area contributed by atoms with E-state index in [4.69, 9.17) is 18.1 Å². The van der Waals surface area contributed by atoms with Gasteiger partial charge in [0.15, 0.2) is 5.82 Å². The number of hydrogen-bond acceptors (Lipinski definition) is 6. The Labute approximate surface area is 175 Å². The Morgan fingerprint density at radius 1 is 1.07 bits per heavy atom. The minimum atomic E-state index is -4.13. The summed E-state index contributed by atoms with van der Waals surface area (Å²) in [6, 6.07) is 13.4. The summed E-state index contributed by atoms with van der Waals surface area (Å²) in [5, 5.41) is 3.91. The molecule has 0 aliphatic carbocycles. The Hall–Kier alpha value is -2.68. The quantitative estimate of drug-likeness (QED) is 0.515. The van der Waals surface area contributed by atoms with Gasteiger partial charge in [-0.15, -0.1) is 0 Å². The molecule has 0 aliphatic rings. The number of aryl methyl sites for hydroxylation is 1. The van der Waals surface area contributed by atoms with E-state index in [1.165, 1.54) is 13.2 Å². The predicted molar refractivity (Wildman–Crippen MR) is 110 cm³/mol. The van der Waals surface area contributed by atoms with Gasteiger partial charge in [-0.25, -0.2) is 12.7 Å². The first kappa shape index (κ1) is 17.2. The molecule has 1 aromatic heterocycles. The minimum Gasteiger partial charge on any atom is -0.380 e. The second kappa shape index (κ2) is 8.77. The molecule has 154 valence electrons. The molecule has 7 nitrogen and oxygen atoms in total.